The number of aryl methyl sites for hydroxylation is 1. The smallest absolute Gasteiger partial charge is 0.275 e. The fourth-order valence-electron chi connectivity index (χ4n) is 2.95. The van der Waals surface area contributed by atoms with Crippen molar-refractivity contribution in [1.82, 2.24) is 25.0 Å². The van der Waals surface area contributed by atoms with E-state index in [0.29, 0.717) is 31.7 Å². The number of hydrogen-bond acceptors (Lipinski definition) is 6. The van der Waals surface area contributed by atoms with Crippen LogP contribution in [-0.2, 0) is 11.8 Å². The summed E-state index contributed by atoms with van der Waals surface area (Å²) in [5.74, 6) is 0.339. The third-order valence-electron chi connectivity index (χ3n) is 4.30. The Morgan fingerprint density at radius 2 is 2.08 bits per heavy atom. The molecular weight excluding hydrogens is 312 g/mol. The van der Waals surface area contributed by atoms with E-state index < -0.39 is 5.54 Å². The molecule has 0 aliphatic carbocycles. The van der Waals surface area contributed by atoms with Gasteiger partial charge in [0.1, 0.15) is 17.6 Å². The van der Waals surface area contributed by atoms with E-state index in [-0.39, 0.29) is 17.5 Å². The van der Waals surface area contributed by atoms with Gasteiger partial charge in [0.05, 0.1) is 0 Å². The molecule has 9 nitrogen and oxygen atoms in total. The molecule has 0 atom stereocenters. The molecule has 1 saturated heterocycles. The highest BCUT2D eigenvalue weighted by molar-refractivity contribution is 5.93. The number of likely N-dealkylation sites (N-methyl/N-ethyl adjacent to an activating group) is 1. The maximum absolute atomic E-state index is 12.5. The van der Waals surface area contributed by atoms with Crippen molar-refractivity contribution < 1.29 is 14.0 Å². The van der Waals surface area contributed by atoms with Crippen molar-refractivity contribution in [3.05, 3.63) is 30.6 Å². The number of nitrogens with zero attached hydrogens (tertiary/aromatic N) is 4. The molecule has 0 unspecified atom stereocenters. The van der Waals surface area contributed by atoms with Gasteiger partial charge in [-0.3, -0.25) is 14.3 Å². The van der Waals surface area contributed by atoms with Crippen LogP contribution >= 0.6 is 0 Å². The molecular formula is C15H20N6O3. The van der Waals surface area contributed by atoms with Gasteiger partial charge in [-0.1, -0.05) is 0 Å². The predicted octanol–water partition coefficient (Wildman–Crippen LogP) is 0.241. The third-order valence-corrected chi connectivity index (χ3v) is 4.30. The van der Waals surface area contributed by atoms with Crippen LogP contribution in [-0.4, -0.2) is 57.2 Å². The van der Waals surface area contributed by atoms with E-state index in [0.717, 1.165) is 0 Å². The van der Waals surface area contributed by atoms with Crippen molar-refractivity contribution in [2.45, 2.75) is 18.4 Å². The molecule has 0 radical (unpaired) electrons. The van der Waals surface area contributed by atoms with Crippen LogP contribution in [0.2, 0.25) is 0 Å². The Morgan fingerprint density at radius 1 is 1.33 bits per heavy atom. The molecule has 2 N–H and O–H groups in total. The highest BCUT2D eigenvalue weighted by Crippen LogP contribution is 2.27. The molecule has 3 rings (SSSR count). The number of amides is 2. The van der Waals surface area contributed by atoms with E-state index in [9.17, 15) is 9.59 Å². The van der Waals surface area contributed by atoms with Crippen LogP contribution in [0.1, 0.15) is 23.3 Å². The van der Waals surface area contributed by atoms with Gasteiger partial charge in [0.2, 0.25) is 5.91 Å². The third kappa shape index (κ3) is 2.97. The molecule has 128 valence electrons. The highest BCUT2D eigenvalue weighted by atomic mass is 16.3. The summed E-state index contributed by atoms with van der Waals surface area (Å²) in [7, 11) is 3.42. The average molecular weight is 332 g/mol. The predicted molar refractivity (Wildman–Crippen MR) is 85.3 cm³/mol. The summed E-state index contributed by atoms with van der Waals surface area (Å²) in [6, 6.07) is 1.82. The molecule has 0 aromatic carbocycles. The standard InChI is InChI=1S/C15H20N6O3/c1-16-14(23)15(18-12-3-6-20(2)19-12)4-7-21(8-5-15)13(22)11-9-24-10-17-11/h3,6,9-10H,4-5,7-8H2,1-2H3,(H,16,23)(H,18,19). The van der Waals surface area contributed by atoms with Gasteiger partial charge in [-0.25, -0.2) is 4.98 Å². The molecule has 0 saturated carbocycles. The molecule has 2 aromatic rings. The SMILES string of the molecule is CNC(=O)C1(Nc2ccn(C)n2)CCN(C(=O)c2cocn2)CC1. The van der Waals surface area contributed by atoms with Crippen molar-refractivity contribution in [2.75, 3.05) is 25.5 Å². The molecule has 9 heteroatoms. The van der Waals surface area contributed by atoms with E-state index >= 15 is 0 Å². The Hall–Kier alpha value is -2.84. The minimum atomic E-state index is -0.788. The van der Waals surface area contributed by atoms with E-state index in [2.05, 4.69) is 20.7 Å². The number of aromatic nitrogens is 3. The van der Waals surface area contributed by atoms with Crippen LogP contribution < -0.4 is 10.6 Å². The number of hydrogen-bond donors (Lipinski definition) is 2. The van der Waals surface area contributed by atoms with Gasteiger partial charge in [-0.05, 0) is 12.8 Å². The Bertz CT molecular complexity index is 715. The number of likely N-dealkylation sites (tertiary alicyclic amines) is 1. The lowest BCUT2D eigenvalue weighted by molar-refractivity contribution is -0.126. The fourth-order valence-corrected chi connectivity index (χ4v) is 2.95. The van der Waals surface area contributed by atoms with Gasteiger partial charge in [0.25, 0.3) is 5.91 Å². The number of carbonyl (C=O) groups is 2. The molecule has 1 fully saturated rings. The molecule has 0 bridgehead atoms. The largest absolute Gasteiger partial charge is 0.451 e. The Morgan fingerprint density at radius 3 is 2.62 bits per heavy atom. The first-order chi connectivity index (χ1) is 11.5. The fraction of sp³-hybridized carbons (Fsp3) is 0.467. The zero-order valence-electron chi connectivity index (χ0n) is 13.7. The normalized spacial score (nSPS) is 16.7. The van der Waals surface area contributed by atoms with Gasteiger partial charge >= 0.3 is 0 Å². The molecule has 2 amide bonds. The first-order valence-electron chi connectivity index (χ1n) is 7.71. The maximum atomic E-state index is 12.5. The molecule has 0 spiro atoms. The van der Waals surface area contributed by atoms with Gasteiger partial charge in [0, 0.05) is 39.4 Å². The summed E-state index contributed by atoms with van der Waals surface area (Å²) in [6.45, 7) is 0.887. The second kappa shape index (κ2) is 6.34. The summed E-state index contributed by atoms with van der Waals surface area (Å²) in [5, 5.41) is 10.2. The average Bonchev–Trinajstić information content (AvgIpc) is 3.26. The summed E-state index contributed by atoms with van der Waals surface area (Å²) >= 11 is 0. The van der Waals surface area contributed by atoms with Crippen LogP contribution in [0.4, 0.5) is 5.82 Å². The quantitative estimate of drug-likeness (QED) is 0.831. The Kier molecular flexibility index (Phi) is 4.24. The summed E-state index contributed by atoms with van der Waals surface area (Å²) in [4.78, 5) is 30.4. The Balaban J connectivity index is 1.73. The monoisotopic (exact) mass is 332 g/mol. The van der Waals surface area contributed by atoms with E-state index in [1.807, 2.05) is 19.3 Å². The van der Waals surface area contributed by atoms with Gasteiger partial charge < -0.3 is 20.0 Å². The molecule has 1 aliphatic heterocycles. The minimum absolute atomic E-state index is 0.110. The second-order valence-electron chi connectivity index (χ2n) is 5.83. The zero-order valence-corrected chi connectivity index (χ0v) is 13.7. The topological polar surface area (TPSA) is 105 Å². The number of oxazole rings is 1. The van der Waals surface area contributed by atoms with Crippen molar-refractivity contribution in [1.29, 1.82) is 0 Å². The molecule has 3 heterocycles. The van der Waals surface area contributed by atoms with Crippen LogP contribution in [0.3, 0.4) is 0 Å². The summed E-state index contributed by atoms with van der Waals surface area (Å²) < 4.78 is 6.53. The molecule has 2 aromatic heterocycles. The minimum Gasteiger partial charge on any atom is -0.451 e. The number of nitrogens with one attached hydrogen (secondary N) is 2. The van der Waals surface area contributed by atoms with E-state index in [4.69, 9.17) is 4.42 Å². The van der Waals surface area contributed by atoms with Gasteiger partial charge in [0.15, 0.2) is 12.1 Å². The van der Waals surface area contributed by atoms with Crippen LogP contribution in [0, 0.1) is 0 Å². The lowest BCUT2D eigenvalue weighted by atomic mass is 9.86. The van der Waals surface area contributed by atoms with Gasteiger partial charge in [-0.2, -0.15) is 5.10 Å². The van der Waals surface area contributed by atoms with Crippen LogP contribution in [0.5, 0.6) is 0 Å². The lowest BCUT2D eigenvalue weighted by Gasteiger charge is -2.40. The maximum Gasteiger partial charge on any atom is 0.275 e. The summed E-state index contributed by atoms with van der Waals surface area (Å²) in [5.41, 5.74) is -0.510. The number of piperidine rings is 1. The van der Waals surface area contributed by atoms with E-state index in [1.165, 1.54) is 12.7 Å². The molecule has 1 aliphatic rings. The zero-order chi connectivity index (χ0) is 17.2. The van der Waals surface area contributed by atoms with Gasteiger partial charge in [-0.15, -0.1) is 0 Å². The number of anilines is 1. The summed E-state index contributed by atoms with van der Waals surface area (Å²) in [6.07, 6.45) is 5.33. The van der Waals surface area contributed by atoms with Crippen molar-refractivity contribution >= 4 is 17.6 Å². The van der Waals surface area contributed by atoms with Crippen molar-refractivity contribution in [2.24, 2.45) is 7.05 Å². The first kappa shape index (κ1) is 16.0. The van der Waals surface area contributed by atoms with Crippen LogP contribution in [0.15, 0.2) is 29.3 Å². The first-order valence-corrected chi connectivity index (χ1v) is 7.71. The van der Waals surface area contributed by atoms with E-state index in [1.54, 1.807) is 16.6 Å². The second-order valence-corrected chi connectivity index (χ2v) is 5.83. The number of rotatable bonds is 4. The Labute approximate surface area is 139 Å². The van der Waals surface area contributed by atoms with Crippen LogP contribution in [0.25, 0.3) is 0 Å². The lowest BCUT2D eigenvalue weighted by Crippen LogP contribution is -2.58. The van der Waals surface area contributed by atoms with Crippen molar-refractivity contribution in [3.8, 4) is 0 Å². The highest BCUT2D eigenvalue weighted by Gasteiger charge is 2.42. The van der Waals surface area contributed by atoms with Crippen molar-refractivity contribution in [3.63, 3.8) is 0 Å². The molecule has 24 heavy (non-hydrogen) atoms. The number of carbonyl (C=O) groups excluding carboxylic acids is 2.